The van der Waals surface area contributed by atoms with Gasteiger partial charge in [0.2, 0.25) is 0 Å². The van der Waals surface area contributed by atoms with Crippen LogP contribution in [-0.2, 0) is 0 Å². The fraction of sp³-hybridized carbons (Fsp3) is 0.312. The number of hydrogen-bond donors (Lipinski definition) is 1. The van der Waals surface area contributed by atoms with Crippen LogP contribution in [0.15, 0.2) is 23.0 Å². The number of benzene rings is 1. The number of halogens is 4. The van der Waals surface area contributed by atoms with Crippen molar-refractivity contribution in [3.05, 3.63) is 46.0 Å². The lowest BCUT2D eigenvalue weighted by atomic mass is 9.99. The van der Waals surface area contributed by atoms with Crippen molar-refractivity contribution in [1.82, 2.24) is 19.6 Å². The van der Waals surface area contributed by atoms with Crippen molar-refractivity contribution >= 4 is 5.65 Å². The number of nitrogens with zero attached hydrogens (tertiary/aromatic N) is 3. The van der Waals surface area contributed by atoms with Gasteiger partial charge < -0.3 is 4.74 Å². The smallest absolute Gasteiger partial charge is 0.352 e. The molecule has 2 heterocycles. The number of nitrogens with one attached hydrogen (secondary N) is 1. The molecule has 0 aliphatic heterocycles. The highest BCUT2D eigenvalue weighted by Crippen LogP contribution is 2.32. The van der Waals surface area contributed by atoms with Crippen LogP contribution in [0.25, 0.3) is 16.8 Å². The summed E-state index contributed by atoms with van der Waals surface area (Å²) in [5, 5.41) is 4.17. The lowest BCUT2D eigenvalue weighted by Gasteiger charge is -2.07. The Morgan fingerprint density at radius 2 is 1.96 bits per heavy atom. The minimum atomic E-state index is -2.75. The molecule has 0 fully saturated rings. The van der Waals surface area contributed by atoms with E-state index >= 15 is 0 Å². The van der Waals surface area contributed by atoms with E-state index in [0.29, 0.717) is 11.3 Å². The van der Waals surface area contributed by atoms with Crippen LogP contribution in [0.3, 0.4) is 0 Å². The number of fused-ring (bicyclic) bond motifs is 1. The van der Waals surface area contributed by atoms with Gasteiger partial charge in [0.15, 0.2) is 23.9 Å². The fourth-order valence-corrected chi connectivity index (χ4v) is 2.48. The Bertz CT molecular complexity index is 1010. The molecular formula is C16H14F4N4O2. The number of hydrogen-bond acceptors (Lipinski definition) is 4. The van der Waals surface area contributed by atoms with E-state index in [-0.39, 0.29) is 17.1 Å². The predicted molar refractivity (Wildman–Crippen MR) is 84.5 cm³/mol. The summed E-state index contributed by atoms with van der Waals surface area (Å²) in [6, 6.07) is 2.81. The number of alkyl halides is 2. The third-order valence-electron chi connectivity index (χ3n) is 3.60. The SMILES string of the molecule is CC(C)c1nn2c(=O)[nH]c(OCC(F)F)nc2c1-c1ccc(F)c(F)c1. The van der Waals surface area contributed by atoms with Gasteiger partial charge in [-0.1, -0.05) is 19.9 Å². The molecule has 0 radical (unpaired) electrons. The summed E-state index contributed by atoms with van der Waals surface area (Å²) in [4.78, 5) is 18.4. The highest BCUT2D eigenvalue weighted by Gasteiger charge is 2.22. The number of ether oxygens (including phenoxy) is 1. The van der Waals surface area contributed by atoms with E-state index in [0.717, 1.165) is 16.6 Å². The molecule has 0 unspecified atom stereocenters. The third-order valence-corrected chi connectivity index (χ3v) is 3.60. The van der Waals surface area contributed by atoms with Crippen molar-refractivity contribution in [1.29, 1.82) is 0 Å². The van der Waals surface area contributed by atoms with Gasteiger partial charge in [0.1, 0.15) is 0 Å². The van der Waals surface area contributed by atoms with Gasteiger partial charge in [-0.3, -0.25) is 4.98 Å². The van der Waals surface area contributed by atoms with Crippen LogP contribution in [-0.4, -0.2) is 32.6 Å². The van der Waals surface area contributed by atoms with E-state index in [9.17, 15) is 22.4 Å². The maximum Gasteiger partial charge on any atom is 0.352 e. The zero-order chi connectivity index (χ0) is 19.0. The molecule has 2 aromatic heterocycles. The van der Waals surface area contributed by atoms with E-state index in [1.807, 2.05) is 0 Å². The van der Waals surface area contributed by atoms with E-state index in [1.54, 1.807) is 13.8 Å². The maximum absolute atomic E-state index is 13.7. The molecule has 3 aromatic rings. The van der Waals surface area contributed by atoms with Gasteiger partial charge in [0, 0.05) is 0 Å². The van der Waals surface area contributed by atoms with Crippen LogP contribution in [0.4, 0.5) is 17.6 Å². The van der Waals surface area contributed by atoms with Crippen LogP contribution < -0.4 is 10.4 Å². The molecule has 0 atom stereocenters. The van der Waals surface area contributed by atoms with Gasteiger partial charge in [0.25, 0.3) is 12.4 Å². The number of H-pyrrole nitrogens is 1. The second-order valence-electron chi connectivity index (χ2n) is 5.83. The van der Waals surface area contributed by atoms with Crippen molar-refractivity contribution in [3.63, 3.8) is 0 Å². The Balaban J connectivity index is 2.25. The molecule has 0 aliphatic carbocycles. The van der Waals surface area contributed by atoms with Crippen LogP contribution in [0, 0.1) is 11.6 Å². The first-order chi connectivity index (χ1) is 12.3. The highest BCUT2D eigenvalue weighted by atomic mass is 19.3. The van der Waals surface area contributed by atoms with E-state index in [2.05, 4.69) is 15.1 Å². The van der Waals surface area contributed by atoms with E-state index in [4.69, 9.17) is 4.74 Å². The lowest BCUT2D eigenvalue weighted by Crippen LogP contribution is -2.21. The van der Waals surface area contributed by atoms with Crippen LogP contribution in [0.1, 0.15) is 25.5 Å². The van der Waals surface area contributed by atoms with Gasteiger partial charge in [-0.05, 0) is 23.6 Å². The van der Waals surface area contributed by atoms with Crippen LogP contribution >= 0.6 is 0 Å². The van der Waals surface area contributed by atoms with Gasteiger partial charge in [-0.2, -0.15) is 14.6 Å². The molecule has 0 aliphatic rings. The summed E-state index contributed by atoms with van der Waals surface area (Å²) in [7, 11) is 0. The molecule has 26 heavy (non-hydrogen) atoms. The molecule has 138 valence electrons. The van der Waals surface area contributed by atoms with Crippen molar-refractivity contribution in [2.24, 2.45) is 0 Å². The molecule has 1 N–H and O–H groups in total. The Morgan fingerprint density at radius 3 is 2.58 bits per heavy atom. The minimum Gasteiger partial charge on any atom is -0.459 e. The molecule has 0 spiro atoms. The average molecular weight is 370 g/mol. The molecule has 0 bridgehead atoms. The minimum absolute atomic E-state index is 0.00674. The molecule has 0 saturated carbocycles. The standard InChI is InChI=1S/C16H14F4N4O2/c1-7(2)13-12(8-3-4-9(17)10(18)5-8)14-21-15(26-6-11(19)20)22-16(25)24(14)23-13/h3-5,7,11H,6H2,1-2H3,(H,21,22,25). The second kappa shape index (κ2) is 6.77. The summed E-state index contributed by atoms with van der Waals surface area (Å²) in [6.07, 6.45) is -2.75. The van der Waals surface area contributed by atoms with Gasteiger partial charge >= 0.3 is 5.69 Å². The molecule has 6 nitrogen and oxygen atoms in total. The Morgan fingerprint density at radius 1 is 1.23 bits per heavy atom. The summed E-state index contributed by atoms with van der Waals surface area (Å²) in [5.41, 5.74) is 0.204. The third kappa shape index (κ3) is 3.26. The first-order valence-electron chi connectivity index (χ1n) is 7.67. The van der Waals surface area contributed by atoms with Gasteiger partial charge in [-0.25, -0.2) is 22.4 Å². The molecule has 3 rings (SSSR count). The van der Waals surface area contributed by atoms with Gasteiger partial charge in [-0.15, -0.1) is 0 Å². The Kier molecular flexibility index (Phi) is 4.66. The first-order valence-corrected chi connectivity index (χ1v) is 7.67. The summed E-state index contributed by atoms with van der Waals surface area (Å²) in [5.74, 6) is -2.27. The Labute approximate surface area is 144 Å². The summed E-state index contributed by atoms with van der Waals surface area (Å²) in [6.45, 7) is 2.64. The van der Waals surface area contributed by atoms with Crippen molar-refractivity contribution in [2.75, 3.05) is 6.61 Å². The molecule has 10 heteroatoms. The first kappa shape index (κ1) is 17.9. The number of aromatic amines is 1. The average Bonchev–Trinajstić information content (AvgIpc) is 2.96. The second-order valence-corrected chi connectivity index (χ2v) is 5.83. The topological polar surface area (TPSA) is 72.3 Å². The number of rotatable bonds is 5. The quantitative estimate of drug-likeness (QED) is 0.701. The van der Waals surface area contributed by atoms with Crippen molar-refractivity contribution in [3.8, 4) is 17.1 Å². The zero-order valence-electron chi connectivity index (χ0n) is 13.8. The monoisotopic (exact) mass is 370 g/mol. The van der Waals surface area contributed by atoms with E-state index in [1.165, 1.54) is 6.07 Å². The number of aromatic nitrogens is 4. The zero-order valence-corrected chi connectivity index (χ0v) is 13.8. The molecular weight excluding hydrogens is 356 g/mol. The fourth-order valence-electron chi connectivity index (χ4n) is 2.48. The Hall–Kier alpha value is -2.91. The lowest BCUT2D eigenvalue weighted by molar-refractivity contribution is 0.0768. The summed E-state index contributed by atoms with van der Waals surface area (Å²) >= 11 is 0. The van der Waals surface area contributed by atoms with E-state index < -0.39 is 36.4 Å². The maximum atomic E-state index is 13.7. The van der Waals surface area contributed by atoms with Gasteiger partial charge in [0.05, 0.1) is 11.3 Å². The van der Waals surface area contributed by atoms with Crippen LogP contribution in [0.2, 0.25) is 0 Å². The summed E-state index contributed by atoms with van der Waals surface area (Å²) < 4.78 is 57.3. The van der Waals surface area contributed by atoms with Crippen molar-refractivity contribution < 1.29 is 22.3 Å². The molecule has 0 amide bonds. The molecule has 0 saturated heterocycles. The normalized spacial score (nSPS) is 11.7. The predicted octanol–water partition coefficient (Wildman–Crippen LogP) is 3.13. The van der Waals surface area contributed by atoms with Crippen LogP contribution in [0.5, 0.6) is 6.01 Å². The molecule has 1 aromatic carbocycles. The highest BCUT2D eigenvalue weighted by molar-refractivity contribution is 5.80. The largest absolute Gasteiger partial charge is 0.459 e. The van der Waals surface area contributed by atoms with Crippen molar-refractivity contribution in [2.45, 2.75) is 26.2 Å².